The Balaban J connectivity index is 1.52. The molecular formula is C28H16O8. The maximum Gasteiger partial charge on any atom is 0.347 e. The highest BCUT2D eigenvalue weighted by Gasteiger charge is 2.45. The minimum absolute atomic E-state index is 0.0579. The largest absolute Gasteiger partial charge is 0.457 e. The lowest BCUT2D eigenvalue weighted by Gasteiger charge is -2.23. The summed E-state index contributed by atoms with van der Waals surface area (Å²) in [6, 6.07) is 20.6. The number of ether oxygens (including phenoxy) is 4. The summed E-state index contributed by atoms with van der Waals surface area (Å²) in [6.07, 6.45) is 3.10. The Morgan fingerprint density at radius 1 is 0.583 bits per heavy atom. The minimum Gasteiger partial charge on any atom is -0.457 e. The van der Waals surface area contributed by atoms with Crippen LogP contribution in [0.5, 0.6) is 17.2 Å². The minimum atomic E-state index is -0.873. The molecule has 8 nitrogen and oxygen atoms in total. The van der Waals surface area contributed by atoms with Gasteiger partial charge in [0.25, 0.3) is 0 Å². The van der Waals surface area contributed by atoms with Gasteiger partial charge in [0, 0.05) is 11.1 Å². The van der Waals surface area contributed by atoms with Crippen LogP contribution in [0.1, 0.15) is 26.3 Å². The highest BCUT2D eigenvalue weighted by atomic mass is 16.6. The zero-order valence-corrected chi connectivity index (χ0v) is 18.5. The number of esters is 4. The van der Waals surface area contributed by atoms with Gasteiger partial charge in [0.2, 0.25) is 0 Å². The van der Waals surface area contributed by atoms with Crippen LogP contribution in [0.2, 0.25) is 0 Å². The number of hydrogen-bond donors (Lipinski definition) is 0. The van der Waals surface area contributed by atoms with Crippen molar-refractivity contribution in [2.75, 3.05) is 0 Å². The summed E-state index contributed by atoms with van der Waals surface area (Å²) in [4.78, 5) is 49.3. The standard InChI is InChI=1S/C28H16O8/c29-25-19-11-17(23(13-21(19)27(31)35-25)33-15-7-3-1-4-8-15)18-12-20-22(28(32)36-26(20)30)14-24(18)34-16-9-5-2-6-10-16/h1-14,19,21H. The number of para-hydroxylation sites is 2. The summed E-state index contributed by atoms with van der Waals surface area (Å²) in [7, 11) is 0. The third-order valence-electron chi connectivity index (χ3n) is 6.05. The molecule has 0 aromatic heterocycles. The molecule has 1 aliphatic carbocycles. The normalized spacial score (nSPS) is 20.1. The topological polar surface area (TPSA) is 105 Å². The van der Waals surface area contributed by atoms with E-state index in [9.17, 15) is 19.2 Å². The zero-order chi connectivity index (χ0) is 24.8. The van der Waals surface area contributed by atoms with E-state index in [1.807, 2.05) is 12.1 Å². The first-order valence-electron chi connectivity index (χ1n) is 11.1. The third-order valence-corrected chi connectivity index (χ3v) is 6.05. The van der Waals surface area contributed by atoms with E-state index in [1.54, 1.807) is 54.6 Å². The van der Waals surface area contributed by atoms with Crippen LogP contribution < -0.4 is 9.47 Å². The molecule has 3 aromatic carbocycles. The van der Waals surface area contributed by atoms with Gasteiger partial charge in [-0.2, -0.15) is 0 Å². The van der Waals surface area contributed by atoms with Crippen molar-refractivity contribution in [2.45, 2.75) is 0 Å². The van der Waals surface area contributed by atoms with E-state index in [4.69, 9.17) is 18.9 Å². The van der Waals surface area contributed by atoms with Gasteiger partial charge in [0.05, 0.1) is 23.0 Å². The lowest BCUT2D eigenvalue weighted by atomic mass is 9.83. The van der Waals surface area contributed by atoms with Crippen molar-refractivity contribution in [3.8, 4) is 17.2 Å². The van der Waals surface area contributed by atoms with Crippen LogP contribution in [0, 0.1) is 11.8 Å². The molecule has 0 radical (unpaired) electrons. The number of carbonyl (C=O) groups excluding carboxylic acids is 4. The zero-order valence-electron chi connectivity index (χ0n) is 18.5. The maximum atomic E-state index is 12.4. The van der Waals surface area contributed by atoms with Gasteiger partial charge in [-0.25, -0.2) is 9.59 Å². The Hall–Kier alpha value is -4.98. The van der Waals surface area contributed by atoms with Crippen molar-refractivity contribution in [2.24, 2.45) is 11.8 Å². The number of hydrogen-bond acceptors (Lipinski definition) is 8. The van der Waals surface area contributed by atoms with Crippen LogP contribution in [0.3, 0.4) is 0 Å². The number of fused-ring (bicyclic) bond motifs is 2. The highest BCUT2D eigenvalue weighted by Crippen LogP contribution is 2.44. The highest BCUT2D eigenvalue weighted by molar-refractivity contribution is 6.15. The molecule has 8 heteroatoms. The van der Waals surface area contributed by atoms with Crippen molar-refractivity contribution < 1.29 is 38.1 Å². The van der Waals surface area contributed by atoms with E-state index in [-0.39, 0.29) is 22.6 Å². The average molecular weight is 480 g/mol. The van der Waals surface area contributed by atoms with Gasteiger partial charge in [-0.15, -0.1) is 0 Å². The molecule has 6 rings (SSSR count). The molecule has 0 saturated carbocycles. The Kier molecular flexibility index (Phi) is 5.00. The number of allylic oxidation sites excluding steroid dienone is 1. The van der Waals surface area contributed by atoms with Gasteiger partial charge in [0.15, 0.2) is 0 Å². The van der Waals surface area contributed by atoms with Crippen LogP contribution in [-0.4, -0.2) is 23.9 Å². The average Bonchev–Trinajstić information content (AvgIpc) is 3.32. The molecule has 0 N–H and O–H groups in total. The van der Waals surface area contributed by atoms with E-state index in [0.717, 1.165) is 0 Å². The van der Waals surface area contributed by atoms with Crippen LogP contribution in [0.15, 0.2) is 90.7 Å². The summed E-state index contributed by atoms with van der Waals surface area (Å²) in [5.41, 5.74) is 0.890. The molecule has 2 atom stereocenters. The molecule has 176 valence electrons. The molecule has 0 bridgehead atoms. The molecule has 2 aliphatic heterocycles. The quantitative estimate of drug-likeness (QED) is 0.389. The second kappa shape index (κ2) is 8.35. The first-order chi connectivity index (χ1) is 17.5. The molecule has 0 spiro atoms. The molecule has 36 heavy (non-hydrogen) atoms. The molecule has 1 saturated heterocycles. The Labute approximate surface area is 204 Å². The van der Waals surface area contributed by atoms with Crippen LogP contribution in [-0.2, 0) is 19.1 Å². The fourth-order valence-corrected chi connectivity index (χ4v) is 4.34. The van der Waals surface area contributed by atoms with Gasteiger partial charge in [-0.05, 0) is 42.5 Å². The van der Waals surface area contributed by atoms with Crippen LogP contribution in [0.4, 0.5) is 0 Å². The third kappa shape index (κ3) is 3.65. The van der Waals surface area contributed by atoms with Crippen molar-refractivity contribution in [1.82, 2.24) is 0 Å². The molecule has 0 amide bonds. The molecular weight excluding hydrogens is 464 g/mol. The van der Waals surface area contributed by atoms with E-state index in [2.05, 4.69) is 0 Å². The Bertz CT molecular complexity index is 1500. The number of benzene rings is 3. The molecule has 1 fully saturated rings. The van der Waals surface area contributed by atoms with Crippen LogP contribution >= 0.6 is 0 Å². The SMILES string of the molecule is O=C1OC(=O)c2cc(C3=CC4C(=O)OC(=O)C4C=C3Oc3ccccc3)c(Oc3ccccc3)cc21. The van der Waals surface area contributed by atoms with Gasteiger partial charge in [-0.1, -0.05) is 42.5 Å². The summed E-state index contributed by atoms with van der Waals surface area (Å²) in [6.45, 7) is 0. The van der Waals surface area contributed by atoms with Crippen molar-refractivity contribution >= 4 is 29.5 Å². The van der Waals surface area contributed by atoms with E-state index < -0.39 is 35.7 Å². The van der Waals surface area contributed by atoms with Crippen molar-refractivity contribution in [1.29, 1.82) is 0 Å². The Morgan fingerprint density at radius 3 is 1.78 bits per heavy atom. The predicted molar refractivity (Wildman–Crippen MR) is 124 cm³/mol. The van der Waals surface area contributed by atoms with Gasteiger partial charge in [-0.3, -0.25) is 9.59 Å². The summed E-state index contributed by atoms with van der Waals surface area (Å²) in [5.74, 6) is -3.16. The summed E-state index contributed by atoms with van der Waals surface area (Å²) < 4.78 is 21.9. The number of cyclic esters (lactones) is 4. The first kappa shape index (κ1) is 21.5. The fraction of sp³-hybridized carbons (Fsp3) is 0.0714. The summed E-state index contributed by atoms with van der Waals surface area (Å²) >= 11 is 0. The summed E-state index contributed by atoms with van der Waals surface area (Å²) in [5, 5.41) is 0. The molecule has 3 aromatic rings. The monoisotopic (exact) mass is 480 g/mol. The number of carbonyl (C=O) groups is 4. The first-order valence-corrected chi connectivity index (χ1v) is 11.1. The Morgan fingerprint density at radius 2 is 1.14 bits per heavy atom. The lowest BCUT2D eigenvalue weighted by molar-refractivity contribution is -0.153. The van der Waals surface area contributed by atoms with E-state index in [1.165, 1.54) is 18.2 Å². The van der Waals surface area contributed by atoms with Gasteiger partial charge >= 0.3 is 23.9 Å². The van der Waals surface area contributed by atoms with E-state index >= 15 is 0 Å². The molecule has 2 unspecified atom stereocenters. The second-order valence-corrected chi connectivity index (χ2v) is 8.30. The smallest absolute Gasteiger partial charge is 0.347 e. The number of rotatable bonds is 5. The molecule has 3 aliphatic rings. The predicted octanol–water partition coefficient (Wildman–Crippen LogP) is 4.47. The fourth-order valence-electron chi connectivity index (χ4n) is 4.34. The second-order valence-electron chi connectivity index (χ2n) is 8.30. The van der Waals surface area contributed by atoms with Crippen molar-refractivity contribution in [3.05, 3.63) is 107 Å². The maximum absolute atomic E-state index is 12.4. The lowest BCUT2D eigenvalue weighted by Crippen LogP contribution is -2.20. The van der Waals surface area contributed by atoms with E-state index in [0.29, 0.717) is 22.6 Å². The van der Waals surface area contributed by atoms with Gasteiger partial charge < -0.3 is 18.9 Å². The van der Waals surface area contributed by atoms with Gasteiger partial charge in [0.1, 0.15) is 23.0 Å². The van der Waals surface area contributed by atoms with Crippen molar-refractivity contribution in [3.63, 3.8) is 0 Å². The van der Waals surface area contributed by atoms with Crippen LogP contribution in [0.25, 0.3) is 5.57 Å². The molecule has 2 heterocycles.